The van der Waals surface area contributed by atoms with E-state index in [2.05, 4.69) is 26.0 Å². The second-order valence-electron chi connectivity index (χ2n) is 4.36. The van der Waals surface area contributed by atoms with Gasteiger partial charge < -0.3 is 4.90 Å². The fraction of sp³-hybridized carbons (Fsp3) is 0.154. The van der Waals surface area contributed by atoms with Crippen LogP contribution in [0.3, 0.4) is 0 Å². The van der Waals surface area contributed by atoms with E-state index in [0.717, 1.165) is 14.9 Å². The molecule has 0 radical (unpaired) electrons. The van der Waals surface area contributed by atoms with Crippen LogP contribution in [0, 0.1) is 0 Å². The van der Waals surface area contributed by atoms with Crippen LogP contribution in [0.15, 0.2) is 40.7 Å². The smallest absolute Gasteiger partial charge is 0.257 e. The Hall–Kier alpha value is -1.73. The highest BCUT2D eigenvalue weighted by molar-refractivity contribution is 9.10. The third kappa shape index (κ3) is 2.46. The lowest BCUT2D eigenvalue weighted by molar-refractivity contribution is 0.0788. The van der Waals surface area contributed by atoms with E-state index in [-0.39, 0.29) is 5.91 Å². The average molecular weight is 351 g/mol. The minimum absolute atomic E-state index is 0.0578. The highest BCUT2D eigenvalue weighted by Gasteiger charge is 2.17. The molecule has 3 aromatic rings. The van der Waals surface area contributed by atoms with Gasteiger partial charge in [-0.1, -0.05) is 0 Å². The molecule has 0 saturated carbocycles. The summed E-state index contributed by atoms with van der Waals surface area (Å²) in [5.74, 6) is -0.0578. The molecule has 0 aromatic carbocycles. The van der Waals surface area contributed by atoms with Gasteiger partial charge in [0.05, 0.1) is 30.0 Å². The normalized spacial score (nSPS) is 10.9. The number of amides is 1. The van der Waals surface area contributed by atoms with Gasteiger partial charge in [-0.3, -0.25) is 9.78 Å². The van der Waals surface area contributed by atoms with Crippen LogP contribution in [-0.4, -0.2) is 32.5 Å². The van der Waals surface area contributed by atoms with Gasteiger partial charge in [0.1, 0.15) is 0 Å². The number of fused-ring (bicyclic) bond motifs is 1. The molecule has 0 aliphatic heterocycles. The van der Waals surface area contributed by atoms with Crippen LogP contribution >= 0.6 is 27.3 Å². The van der Waals surface area contributed by atoms with Crippen molar-refractivity contribution in [1.82, 2.24) is 19.5 Å². The van der Waals surface area contributed by atoms with E-state index < -0.39 is 0 Å². The van der Waals surface area contributed by atoms with Crippen LogP contribution in [-0.2, 0) is 6.54 Å². The molecule has 0 spiro atoms. The van der Waals surface area contributed by atoms with Crippen molar-refractivity contribution >= 4 is 38.7 Å². The number of hydrogen-bond donors (Lipinski definition) is 0. The number of aromatic nitrogens is 3. The Kier molecular flexibility index (Phi) is 3.54. The van der Waals surface area contributed by atoms with Crippen LogP contribution in [0.2, 0.25) is 0 Å². The fourth-order valence-electron chi connectivity index (χ4n) is 1.95. The predicted molar refractivity (Wildman–Crippen MR) is 80.8 cm³/mol. The van der Waals surface area contributed by atoms with Gasteiger partial charge in [-0.25, -0.2) is 4.52 Å². The molecular weight excluding hydrogens is 340 g/mol. The van der Waals surface area contributed by atoms with Gasteiger partial charge in [-0.2, -0.15) is 5.10 Å². The molecule has 5 nitrogen and oxygen atoms in total. The number of rotatable bonds is 3. The molecule has 20 heavy (non-hydrogen) atoms. The third-order valence-corrected chi connectivity index (χ3v) is 4.60. The van der Waals surface area contributed by atoms with Crippen molar-refractivity contribution in [2.75, 3.05) is 7.05 Å². The van der Waals surface area contributed by atoms with E-state index in [0.29, 0.717) is 12.1 Å². The van der Waals surface area contributed by atoms with Crippen LogP contribution in [0.25, 0.3) is 5.52 Å². The van der Waals surface area contributed by atoms with Crippen molar-refractivity contribution in [2.45, 2.75) is 6.54 Å². The summed E-state index contributed by atoms with van der Waals surface area (Å²) in [4.78, 5) is 19.3. The Bertz CT molecular complexity index is 766. The summed E-state index contributed by atoms with van der Waals surface area (Å²) in [6, 6.07) is 2.02. The molecular formula is C13H11BrN4OS. The first-order valence-corrected chi connectivity index (χ1v) is 7.58. The van der Waals surface area contributed by atoms with Gasteiger partial charge in [-0.05, 0) is 22.0 Å². The maximum atomic E-state index is 12.5. The van der Waals surface area contributed by atoms with Crippen molar-refractivity contribution in [3.05, 3.63) is 51.1 Å². The van der Waals surface area contributed by atoms with Gasteiger partial charge in [0.25, 0.3) is 5.91 Å². The van der Waals surface area contributed by atoms with Crippen LogP contribution in [0.4, 0.5) is 0 Å². The Morgan fingerprint density at radius 3 is 3.10 bits per heavy atom. The Morgan fingerprint density at radius 2 is 2.35 bits per heavy atom. The zero-order valence-corrected chi connectivity index (χ0v) is 13.1. The van der Waals surface area contributed by atoms with Crippen molar-refractivity contribution in [1.29, 1.82) is 0 Å². The van der Waals surface area contributed by atoms with E-state index >= 15 is 0 Å². The van der Waals surface area contributed by atoms with E-state index in [4.69, 9.17) is 0 Å². The van der Waals surface area contributed by atoms with Crippen LogP contribution in [0.1, 0.15) is 15.2 Å². The molecule has 3 rings (SSSR count). The zero-order chi connectivity index (χ0) is 14.1. The summed E-state index contributed by atoms with van der Waals surface area (Å²) in [5, 5.41) is 6.16. The maximum absolute atomic E-state index is 12.5. The average Bonchev–Trinajstić information content (AvgIpc) is 3.04. The number of carbonyl (C=O) groups excluding carboxylic acids is 1. The SMILES string of the molecule is CN(Cc1cc(Br)cs1)C(=O)c1cnn2ccncc12. The lowest BCUT2D eigenvalue weighted by Gasteiger charge is -2.15. The molecule has 102 valence electrons. The molecule has 3 aromatic heterocycles. The van der Waals surface area contributed by atoms with Crippen molar-refractivity contribution in [3.8, 4) is 0 Å². The molecule has 0 unspecified atom stereocenters. The predicted octanol–water partition coefficient (Wildman–Crippen LogP) is 2.83. The standard InChI is InChI=1S/C13H11BrN4OS/c1-17(7-10-4-9(14)8-20-10)13(19)11-5-16-18-3-2-15-6-12(11)18/h2-6,8H,7H2,1H3. The number of thiophene rings is 1. The highest BCUT2D eigenvalue weighted by Crippen LogP contribution is 2.21. The number of carbonyl (C=O) groups is 1. The zero-order valence-electron chi connectivity index (χ0n) is 10.7. The molecule has 0 saturated heterocycles. The van der Waals surface area contributed by atoms with E-state index in [1.807, 2.05) is 11.4 Å². The van der Waals surface area contributed by atoms with Gasteiger partial charge in [0.15, 0.2) is 0 Å². The molecule has 0 atom stereocenters. The summed E-state index contributed by atoms with van der Waals surface area (Å²) in [5.41, 5.74) is 1.29. The van der Waals surface area contributed by atoms with Crippen LogP contribution in [0.5, 0.6) is 0 Å². The van der Waals surface area contributed by atoms with Gasteiger partial charge >= 0.3 is 0 Å². The summed E-state index contributed by atoms with van der Waals surface area (Å²) in [7, 11) is 1.79. The first-order valence-electron chi connectivity index (χ1n) is 5.91. The van der Waals surface area contributed by atoms with Gasteiger partial charge in [0.2, 0.25) is 0 Å². The van der Waals surface area contributed by atoms with Gasteiger partial charge in [0, 0.05) is 34.2 Å². The largest absolute Gasteiger partial charge is 0.336 e. The summed E-state index contributed by atoms with van der Waals surface area (Å²) >= 11 is 5.04. The maximum Gasteiger partial charge on any atom is 0.257 e. The quantitative estimate of drug-likeness (QED) is 0.729. The first-order chi connectivity index (χ1) is 9.65. The Morgan fingerprint density at radius 1 is 1.50 bits per heavy atom. The monoisotopic (exact) mass is 350 g/mol. The lowest BCUT2D eigenvalue weighted by atomic mass is 10.2. The molecule has 0 aliphatic rings. The molecule has 0 N–H and O–H groups in total. The second-order valence-corrected chi connectivity index (χ2v) is 6.27. The molecule has 0 fully saturated rings. The summed E-state index contributed by atoms with van der Waals surface area (Å²) < 4.78 is 2.69. The summed E-state index contributed by atoms with van der Waals surface area (Å²) in [6.45, 7) is 0.576. The van der Waals surface area contributed by atoms with E-state index in [1.165, 1.54) is 0 Å². The lowest BCUT2D eigenvalue weighted by Crippen LogP contribution is -2.25. The molecule has 0 bridgehead atoms. The van der Waals surface area contributed by atoms with Crippen molar-refractivity contribution < 1.29 is 4.79 Å². The molecule has 3 heterocycles. The van der Waals surface area contributed by atoms with Crippen molar-refractivity contribution in [2.24, 2.45) is 0 Å². The second kappa shape index (κ2) is 5.34. The number of nitrogens with zero attached hydrogens (tertiary/aromatic N) is 4. The van der Waals surface area contributed by atoms with Crippen molar-refractivity contribution in [3.63, 3.8) is 0 Å². The first kappa shape index (κ1) is 13.3. The van der Waals surface area contributed by atoms with E-state index in [1.54, 1.807) is 52.6 Å². The third-order valence-electron chi connectivity index (χ3n) is 2.92. The molecule has 0 aliphatic carbocycles. The molecule has 7 heteroatoms. The molecule has 1 amide bonds. The summed E-state index contributed by atoms with van der Waals surface area (Å²) in [6.07, 6.45) is 6.60. The Labute approximate surface area is 128 Å². The minimum Gasteiger partial charge on any atom is -0.336 e. The topological polar surface area (TPSA) is 50.5 Å². The Balaban J connectivity index is 1.84. The number of hydrogen-bond acceptors (Lipinski definition) is 4. The van der Waals surface area contributed by atoms with Crippen LogP contribution < -0.4 is 0 Å². The van der Waals surface area contributed by atoms with Gasteiger partial charge in [-0.15, -0.1) is 11.3 Å². The van der Waals surface area contributed by atoms with E-state index in [9.17, 15) is 4.79 Å². The fourth-order valence-corrected chi connectivity index (χ4v) is 3.45. The highest BCUT2D eigenvalue weighted by atomic mass is 79.9. The number of halogens is 1. The minimum atomic E-state index is -0.0578.